The van der Waals surface area contributed by atoms with Crippen LogP contribution in [0.5, 0.6) is 0 Å². The van der Waals surface area contributed by atoms with E-state index in [4.69, 9.17) is 0 Å². The smallest absolute Gasteiger partial charge is 0.338 e. The fraction of sp³-hybridized carbons (Fsp3) is 0.438. The van der Waals surface area contributed by atoms with E-state index in [0.29, 0.717) is 12.1 Å². The first kappa shape index (κ1) is 14.1. The number of aromatic nitrogens is 1. The lowest BCUT2D eigenvalue weighted by atomic mass is 10.0. The van der Waals surface area contributed by atoms with Crippen LogP contribution >= 0.6 is 0 Å². The van der Waals surface area contributed by atoms with Gasteiger partial charge in [0, 0.05) is 37.1 Å². The number of rotatable bonds is 3. The molecule has 112 valence electrons. The van der Waals surface area contributed by atoms with E-state index in [1.807, 2.05) is 23.6 Å². The first-order valence-electron chi connectivity index (χ1n) is 7.20. The van der Waals surface area contributed by atoms with Crippen LogP contribution in [0, 0.1) is 6.92 Å². The molecule has 0 unspecified atom stereocenters. The largest absolute Gasteiger partial charge is 0.478 e. The fourth-order valence-corrected chi connectivity index (χ4v) is 3.39. The molecule has 1 aromatic carbocycles. The van der Waals surface area contributed by atoms with Gasteiger partial charge in [-0.3, -0.25) is 0 Å². The van der Waals surface area contributed by atoms with Crippen LogP contribution in [0.4, 0.5) is 0 Å². The van der Waals surface area contributed by atoms with Gasteiger partial charge in [0.15, 0.2) is 0 Å². The topological polar surface area (TPSA) is 65.7 Å². The molecule has 5 heteroatoms. The zero-order chi connectivity index (χ0) is 15.1. The molecule has 1 aliphatic rings. The molecule has 1 aliphatic heterocycles. The number of fused-ring (bicyclic) bond motifs is 3. The van der Waals surface area contributed by atoms with Gasteiger partial charge in [0.1, 0.15) is 0 Å². The van der Waals surface area contributed by atoms with E-state index in [9.17, 15) is 15.0 Å². The number of aromatic carboxylic acids is 1. The number of carbonyl (C=O) groups is 1. The van der Waals surface area contributed by atoms with E-state index < -0.39 is 5.97 Å². The summed E-state index contributed by atoms with van der Waals surface area (Å²) in [7, 11) is 2.07. The van der Waals surface area contributed by atoms with Crippen molar-refractivity contribution in [2.24, 2.45) is 0 Å². The normalized spacial score (nSPS) is 15.4. The van der Waals surface area contributed by atoms with Gasteiger partial charge in [-0.2, -0.15) is 0 Å². The van der Waals surface area contributed by atoms with Crippen LogP contribution in [0.2, 0.25) is 0 Å². The molecule has 3 rings (SSSR count). The van der Waals surface area contributed by atoms with Gasteiger partial charge in [0.2, 0.25) is 0 Å². The number of hydrogen-bond acceptors (Lipinski definition) is 3. The van der Waals surface area contributed by atoms with Crippen LogP contribution < -0.4 is 0 Å². The van der Waals surface area contributed by atoms with Crippen LogP contribution in [0.25, 0.3) is 10.9 Å². The molecule has 0 saturated heterocycles. The van der Waals surface area contributed by atoms with Crippen LogP contribution in [-0.4, -0.2) is 45.8 Å². The average Bonchev–Trinajstić information content (AvgIpc) is 2.72. The molecule has 2 N–H and O–H groups in total. The molecule has 0 spiro atoms. The molecule has 0 radical (unpaired) electrons. The fourth-order valence-electron chi connectivity index (χ4n) is 3.39. The molecule has 0 saturated carbocycles. The SMILES string of the molecule is Cc1ccc2c3c(n(CCO)c2c1C(=O)O)CCN(C)C3. The minimum absolute atomic E-state index is 0.0130. The lowest BCUT2D eigenvalue weighted by Gasteiger charge is -2.24. The van der Waals surface area contributed by atoms with E-state index in [2.05, 4.69) is 11.9 Å². The highest BCUT2D eigenvalue weighted by Crippen LogP contribution is 2.33. The van der Waals surface area contributed by atoms with Gasteiger partial charge in [-0.25, -0.2) is 4.79 Å². The highest BCUT2D eigenvalue weighted by Gasteiger charge is 2.26. The van der Waals surface area contributed by atoms with E-state index in [0.717, 1.165) is 36.0 Å². The summed E-state index contributed by atoms with van der Waals surface area (Å²) in [6, 6.07) is 3.90. The molecule has 0 bridgehead atoms. The first-order chi connectivity index (χ1) is 10.0. The van der Waals surface area contributed by atoms with E-state index in [-0.39, 0.29) is 6.61 Å². The standard InChI is InChI=1S/C16H20N2O3/c1-10-3-4-11-12-9-17(2)6-5-13(12)18(7-8-19)15(11)14(10)16(20)21/h3-4,19H,5-9H2,1-2H3,(H,20,21). The van der Waals surface area contributed by atoms with Crippen LogP contribution in [0.3, 0.4) is 0 Å². The third-order valence-electron chi connectivity index (χ3n) is 4.35. The van der Waals surface area contributed by atoms with Crippen LogP contribution in [0.1, 0.15) is 27.2 Å². The van der Waals surface area contributed by atoms with Crippen molar-refractivity contribution >= 4 is 16.9 Å². The number of benzene rings is 1. The third kappa shape index (κ3) is 2.13. The summed E-state index contributed by atoms with van der Waals surface area (Å²) in [5, 5.41) is 20.0. The van der Waals surface area contributed by atoms with E-state index in [1.165, 1.54) is 11.3 Å². The van der Waals surface area contributed by atoms with E-state index >= 15 is 0 Å². The Balaban J connectivity index is 2.39. The number of aliphatic hydroxyl groups excluding tert-OH is 1. The number of likely N-dealkylation sites (N-methyl/N-ethyl adjacent to an activating group) is 1. The van der Waals surface area contributed by atoms with Gasteiger partial charge in [-0.05, 0) is 25.1 Å². The van der Waals surface area contributed by atoms with Crippen molar-refractivity contribution in [1.29, 1.82) is 0 Å². The van der Waals surface area contributed by atoms with Crippen molar-refractivity contribution < 1.29 is 15.0 Å². The average molecular weight is 288 g/mol. The van der Waals surface area contributed by atoms with Crippen LogP contribution in [0.15, 0.2) is 12.1 Å². The molecule has 5 nitrogen and oxygen atoms in total. The number of carboxylic acid groups (broad SMARTS) is 1. The highest BCUT2D eigenvalue weighted by atomic mass is 16.4. The molecule has 0 atom stereocenters. The van der Waals surface area contributed by atoms with Gasteiger partial charge in [0.25, 0.3) is 0 Å². The maximum atomic E-state index is 11.7. The Morgan fingerprint density at radius 1 is 1.38 bits per heavy atom. The molecule has 0 aliphatic carbocycles. The number of aryl methyl sites for hydroxylation is 1. The van der Waals surface area contributed by atoms with Crippen molar-refractivity contribution in [3.8, 4) is 0 Å². The van der Waals surface area contributed by atoms with Crippen molar-refractivity contribution in [3.05, 3.63) is 34.5 Å². The Morgan fingerprint density at radius 3 is 2.81 bits per heavy atom. The number of carboxylic acids is 1. The van der Waals surface area contributed by atoms with Crippen molar-refractivity contribution in [2.45, 2.75) is 26.4 Å². The minimum atomic E-state index is -0.902. The second-order valence-corrected chi connectivity index (χ2v) is 5.75. The van der Waals surface area contributed by atoms with E-state index in [1.54, 1.807) is 0 Å². The van der Waals surface area contributed by atoms with Crippen LogP contribution in [-0.2, 0) is 19.5 Å². The summed E-state index contributed by atoms with van der Waals surface area (Å²) < 4.78 is 2.01. The van der Waals surface area contributed by atoms with Gasteiger partial charge >= 0.3 is 5.97 Å². The Bertz CT molecular complexity index is 718. The summed E-state index contributed by atoms with van der Waals surface area (Å²) in [5.41, 5.74) is 4.26. The molecular formula is C16H20N2O3. The lowest BCUT2D eigenvalue weighted by molar-refractivity contribution is 0.0697. The third-order valence-corrected chi connectivity index (χ3v) is 4.35. The predicted molar refractivity (Wildman–Crippen MR) is 80.8 cm³/mol. The summed E-state index contributed by atoms with van der Waals surface area (Å²) in [6.07, 6.45) is 0.888. The Kier molecular flexibility index (Phi) is 3.47. The van der Waals surface area contributed by atoms with Crippen molar-refractivity contribution in [1.82, 2.24) is 9.47 Å². The molecule has 2 heterocycles. The summed E-state index contributed by atoms with van der Waals surface area (Å²) in [5.74, 6) is -0.902. The van der Waals surface area contributed by atoms with Gasteiger partial charge < -0.3 is 19.7 Å². The zero-order valence-electron chi connectivity index (χ0n) is 12.4. The number of hydrogen-bond donors (Lipinski definition) is 2. The quantitative estimate of drug-likeness (QED) is 0.901. The van der Waals surface area contributed by atoms with Gasteiger partial charge in [0.05, 0.1) is 17.7 Å². The molecular weight excluding hydrogens is 268 g/mol. The Morgan fingerprint density at radius 2 is 2.14 bits per heavy atom. The zero-order valence-corrected chi connectivity index (χ0v) is 12.4. The summed E-state index contributed by atoms with van der Waals surface area (Å²) in [6.45, 7) is 4.06. The number of nitrogens with zero attached hydrogens (tertiary/aromatic N) is 2. The molecule has 1 aromatic heterocycles. The molecule has 0 fully saturated rings. The van der Waals surface area contributed by atoms with Gasteiger partial charge in [-0.15, -0.1) is 0 Å². The second kappa shape index (κ2) is 5.16. The Hall–Kier alpha value is -1.85. The Labute approximate surface area is 123 Å². The maximum absolute atomic E-state index is 11.7. The van der Waals surface area contributed by atoms with Crippen molar-refractivity contribution in [3.63, 3.8) is 0 Å². The van der Waals surface area contributed by atoms with Gasteiger partial charge in [-0.1, -0.05) is 12.1 Å². The molecule has 0 amide bonds. The number of aliphatic hydroxyl groups is 1. The highest BCUT2D eigenvalue weighted by molar-refractivity contribution is 6.05. The molecule has 21 heavy (non-hydrogen) atoms. The summed E-state index contributed by atoms with van der Waals surface area (Å²) >= 11 is 0. The predicted octanol–water partition coefficient (Wildman–Crippen LogP) is 1.63. The first-order valence-corrected chi connectivity index (χ1v) is 7.20. The van der Waals surface area contributed by atoms with Crippen molar-refractivity contribution in [2.75, 3.05) is 20.2 Å². The molecule has 2 aromatic rings. The summed E-state index contributed by atoms with van der Waals surface area (Å²) in [4.78, 5) is 13.9. The lowest BCUT2D eigenvalue weighted by Crippen LogP contribution is -2.27. The maximum Gasteiger partial charge on any atom is 0.338 e. The minimum Gasteiger partial charge on any atom is -0.478 e. The second-order valence-electron chi connectivity index (χ2n) is 5.75. The monoisotopic (exact) mass is 288 g/mol.